The van der Waals surface area contributed by atoms with E-state index in [9.17, 15) is 4.79 Å². The van der Waals surface area contributed by atoms with E-state index >= 15 is 0 Å². The Morgan fingerprint density at radius 1 is 1.23 bits per heavy atom. The van der Waals surface area contributed by atoms with Gasteiger partial charge in [-0.05, 0) is 18.1 Å². The molecule has 8 heteroatoms. The number of nitrogens with zero attached hydrogens (tertiary/aromatic N) is 3. The lowest BCUT2D eigenvalue weighted by Crippen LogP contribution is -2.48. The van der Waals surface area contributed by atoms with E-state index < -0.39 is 0 Å². The highest BCUT2D eigenvalue weighted by atomic mass is 35.5. The number of carbonyl (C=O) groups excluding carboxylic acids is 1. The molecule has 1 aromatic carbocycles. The lowest BCUT2D eigenvalue weighted by Gasteiger charge is -2.33. The van der Waals surface area contributed by atoms with Crippen LogP contribution in [-0.2, 0) is 17.8 Å². The van der Waals surface area contributed by atoms with Crippen LogP contribution in [0.15, 0.2) is 30.5 Å². The maximum Gasteiger partial charge on any atom is 0.238 e. The van der Waals surface area contributed by atoms with E-state index in [1.807, 2.05) is 24.4 Å². The Bertz CT molecular complexity index is 715. The molecule has 1 saturated heterocycles. The summed E-state index contributed by atoms with van der Waals surface area (Å²) in [5.74, 6) is 0.0598. The molecule has 0 radical (unpaired) electrons. The van der Waals surface area contributed by atoms with E-state index in [0.29, 0.717) is 11.7 Å². The van der Waals surface area contributed by atoms with Gasteiger partial charge >= 0.3 is 0 Å². The molecule has 0 saturated carbocycles. The van der Waals surface area contributed by atoms with Gasteiger partial charge in [-0.25, -0.2) is 4.98 Å². The van der Waals surface area contributed by atoms with Crippen LogP contribution in [0.1, 0.15) is 17.4 Å². The number of hydrogen-bond donors (Lipinski definition) is 2. The molecule has 0 bridgehead atoms. The smallest absolute Gasteiger partial charge is 0.238 e. The first-order chi connectivity index (χ1) is 12.1. The van der Waals surface area contributed by atoms with Gasteiger partial charge < -0.3 is 11.1 Å². The summed E-state index contributed by atoms with van der Waals surface area (Å²) in [5, 5.41) is 3.67. The average Bonchev–Trinajstić information content (AvgIpc) is 3.02. The SMILES string of the molecule is CCc1ccccc1NC(=O)CN1CCN(Cc2cnc(N)s2)CC1.Cl. The Labute approximate surface area is 164 Å². The van der Waals surface area contributed by atoms with Gasteiger partial charge in [0.25, 0.3) is 0 Å². The van der Waals surface area contributed by atoms with Gasteiger partial charge in [0.1, 0.15) is 0 Å². The molecule has 0 atom stereocenters. The highest BCUT2D eigenvalue weighted by Gasteiger charge is 2.19. The van der Waals surface area contributed by atoms with Crippen LogP contribution in [0.5, 0.6) is 0 Å². The zero-order valence-electron chi connectivity index (χ0n) is 15.0. The van der Waals surface area contributed by atoms with Crippen molar-refractivity contribution in [3.8, 4) is 0 Å². The molecule has 1 aliphatic heterocycles. The van der Waals surface area contributed by atoms with Crippen molar-refractivity contribution in [1.29, 1.82) is 0 Å². The molecule has 1 aliphatic rings. The third-order valence-corrected chi connectivity index (χ3v) is 5.27. The van der Waals surface area contributed by atoms with Crippen LogP contribution in [0.4, 0.5) is 10.8 Å². The van der Waals surface area contributed by atoms with Crippen LogP contribution < -0.4 is 11.1 Å². The van der Waals surface area contributed by atoms with Gasteiger partial charge in [0.05, 0.1) is 6.54 Å². The highest BCUT2D eigenvalue weighted by molar-refractivity contribution is 7.15. The number of hydrogen-bond acceptors (Lipinski definition) is 6. The molecule has 1 aromatic heterocycles. The van der Waals surface area contributed by atoms with Gasteiger partial charge in [0.15, 0.2) is 5.13 Å². The molecule has 0 unspecified atom stereocenters. The number of nitrogens with two attached hydrogens (primary N) is 1. The molecule has 3 N–H and O–H groups in total. The number of halogens is 1. The predicted molar refractivity (Wildman–Crippen MR) is 110 cm³/mol. The van der Waals surface area contributed by atoms with Crippen LogP contribution in [-0.4, -0.2) is 53.4 Å². The molecule has 2 aromatic rings. The molecule has 2 heterocycles. The van der Waals surface area contributed by atoms with Gasteiger partial charge in [-0.1, -0.05) is 25.1 Å². The Morgan fingerprint density at radius 3 is 2.58 bits per heavy atom. The van der Waals surface area contributed by atoms with E-state index in [1.54, 1.807) is 11.3 Å². The molecule has 0 aliphatic carbocycles. The number of nitrogen functional groups attached to an aromatic ring is 1. The number of piperazine rings is 1. The van der Waals surface area contributed by atoms with E-state index in [2.05, 4.69) is 33.1 Å². The minimum absolute atomic E-state index is 0. The largest absolute Gasteiger partial charge is 0.375 e. The Morgan fingerprint density at radius 2 is 1.92 bits per heavy atom. The van der Waals surface area contributed by atoms with Crippen molar-refractivity contribution >= 4 is 40.5 Å². The standard InChI is InChI=1S/C18H25N5OS.ClH/c1-2-14-5-3-4-6-16(14)21-17(24)13-23-9-7-22(8-10-23)12-15-11-20-18(19)25-15;/h3-6,11H,2,7-10,12-13H2,1H3,(H2,19,20)(H,21,24);1H. The number of aryl methyl sites for hydroxylation is 1. The summed E-state index contributed by atoms with van der Waals surface area (Å²) in [4.78, 5) is 22.2. The maximum absolute atomic E-state index is 12.3. The van der Waals surface area contributed by atoms with Crippen LogP contribution in [0.3, 0.4) is 0 Å². The van der Waals surface area contributed by atoms with Gasteiger partial charge in [-0.3, -0.25) is 14.6 Å². The number of aromatic nitrogens is 1. The Balaban J connectivity index is 0.00000243. The molecule has 1 fully saturated rings. The highest BCUT2D eigenvalue weighted by Crippen LogP contribution is 2.18. The molecule has 0 spiro atoms. The molecule has 142 valence electrons. The van der Waals surface area contributed by atoms with Crippen molar-refractivity contribution in [3.63, 3.8) is 0 Å². The molecule has 6 nitrogen and oxygen atoms in total. The lowest BCUT2D eigenvalue weighted by atomic mass is 10.1. The van der Waals surface area contributed by atoms with Gasteiger partial charge in [0.2, 0.25) is 5.91 Å². The van der Waals surface area contributed by atoms with Gasteiger partial charge in [-0.15, -0.1) is 23.7 Å². The van der Waals surface area contributed by atoms with E-state index in [4.69, 9.17) is 5.73 Å². The summed E-state index contributed by atoms with van der Waals surface area (Å²) >= 11 is 1.54. The first kappa shape index (κ1) is 20.6. The minimum Gasteiger partial charge on any atom is -0.375 e. The predicted octanol–water partition coefficient (Wildman–Crippen LogP) is 2.47. The fourth-order valence-electron chi connectivity index (χ4n) is 3.07. The van der Waals surface area contributed by atoms with Gasteiger partial charge in [0, 0.05) is 49.5 Å². The molecule has 26 heavy (non-hydrogen) atoms. The molecule has 3 rings (SSSR count). The number of amides is 1. The maximum atomic E-state index is 12.3. The van der Waals surface area contributed by atoms with Crippen molar-refractivity contribution in [1.82, 2.24) is 14.8 Å². The first-order valence-corrected chi connectivity index (χ1v) is 9.48. The summed E-state index contributed by atoms with van der Waals surface area (Å²) in [7, 11) is 0. The van der Waals surface area contributed by atoms with Crippen molar-refractivity contribution in [3.05, 3.63) is 40.9 Å². The van der Waals surface area contributed by atoms with E-state index in [1.165, 1.54) is 10.4 Å². The summed E-state index contributed by atoms with van der Waals surface area (Å²) in [6.07, 6.45) is 2.77. The normalized spacial score (nSPS) is 15.4. The fraction of sp³-hybridized carbons (Fsp3) is 0.444. The quantitative estimate of drug-likeness (QED) is 0.785. The van der Waals surface area contributed by atoms with E-state index in [0.717, 1.165) is 44.8 Å². The number of nitrogens with one attached hydrogen (secondary N) is 1. The average molecular weight is 396 g/mol. The minimum atomic E-state index is 0. The number of thiazole rings is 1. The topological polar surface area (TPSA) is 74.5 Å². The van der Waals surface area contributed by atoms with E-state index in [-0.39, 0.29) is 18.3 Å². The fourth-order valence-corrected chi connectivity index (χ4v) is 3.79. The van der Waals surface area contributed by atoms with Crippen molar-refractivity contribution in [2.45, 2.75) is 19.9 Å². The number of rotatable bonds is 6. The summed E-state index contributed by atoms with van der Waals surface area (Å²) in [5.41, 5.74) is 7.78. The second-order valence-corrected chi connectivity index (χ2v) is 7.42. The van der Waals surface area contributed by atoms with Gasteiger partial charge in [-0.2, -0.15) is 0 Å². The molecule has 1 amide bonds. The first-order valence-electron chi connectivity index (χ1n) is 8.66. The third kappa shape index (κ3) is 5.67. The summed E-state index contributed by atoms with van der Waals surface area (Å²) in [6, 6.07) is 7.99. The zero-order valence-corrected chi connectivity index (χ0v) is 16.6. The van der Waals surface area contributed by atoms with Crippen LogP contribution in [0.25, 0.3) is 0 Å². The second-order valence-electron chi connectivity index (χ2n) is 6.28. The number of benzene rings is 1. The Kier molecular flexibility index (Phi) is 7.84. The number of para-hydroxylation sites is 1. The molecular weight excluding hydrogens is 370 g/mol. The summed E-state index contributed by atoms with van der Waals surface area (Å²) < 4.78 is 0. The van der Waals surface area contributed by atoms with Crippen molar-refractivity contribution in [2.75, 3.05) is 43.8 Å². The number of carbonyl (C=O) groups is 1. The zero-order chi connectivity index (χ0) is 17.6. The third-order valence-electron chi connectivity index (χ3n) is 4.46. The van der Waals surface area contributed by atoms with Crippen LogP contribution in [0.2, 0.25) is 0 Å². The molecular formula is C18H26ClN5OS. The summed E-state index contributed by atoms with van der Waals surface area (Å²) in [6.45, 7) is 7.14. The monoisotopic (exact) mass is 395 g/mol. The van der Waals surface area contributed by atoms with Crippen molar-refractivity contribution < 1.29 is 4.79 Å². The number of anilines is 2. The second kappa shape index (κ2) is 9.87. The Hall–Kier alpha value is -1.67. The van der Waals surface area contributed by atoms with Crippen molar-refractivity contribution in [2.24, 2.45) is 0 Å². The van der Waals surface area contributed by atoms with Crippen LogP contribution >= 0.6 is 23.7 Å². The van der Waals surface area contributed by atoms with Crippen LogP contribution in [0, 0.1) is 0 Å². The lowest BCUT2D eigenvalue weighted by molar-refractivity contribution is -0.117.